The first-order valence-electron chi connectivity index (χ1n) is 6.72. The minimum atomic E-state index is -5.93. The number of alkyl halides is 2. The summed E-state index contributed by atoms with van der Waals surface area (Å²) in [5.74, 6) is -3.18. The minimum Gasteiger partial charge on any atom is -0.463 e. The molecule has 0 bridgehead atoms. The molecular weight excluding hydrogens is 338 g/mol. The normalized spacial score (nSPS) is 26.4. The van der Waals surface area contributed by atoms with Crippen LogP contribution in [-0.2, 0) is 29.2 Å². The van der Waals surface area contributed by atoms with Crippen molar-refractivity contribution in [1.82, 2.24) is 0 Å². The number of hydrogen-bond donors (Lipinski definition) is 1. The van der Waals surface area contributed by atoms with E-state index in [0.29, 0.717) is 6.42 Å². The number of hydrogen-bond acceptors (Lipinski definition) is 6. The summed E-state index contributed by atoms with van der Waals surface area (Å²) in [6.45, 7) is 4.15. The van der Waals surface area contributed by atoms with E-state index in [2.05, 4.69) is 4.74 Å². The monoisotopic (exact) mass is 356 g/mol. The molecule has 0 heterocycles. The molecule has 0 saturated carbocycles. The summed E-state index contributed by atoms with van der Waals surface area (Å²) in [6.07, 6.45) is 2.88. The topological polar surface area (TPSA) is 107 Å². The lowest BCUT2D eigenvalue weighted by Crippen LogP contribution is -2.45. The fourth-order valence-electron chi connectivity index (χ4n) is 2.33. The van der Waals surface area contributed by atoms with Gasteiger partial charge in [0.1, 0.15) is 11.7 Å². The van der Waals surface area contributed by atoms with Crippen molar-refractivity contribution < 1.29 is 40.8 Å². The number of carbonyl (C=O) groups excluding carboxylic acids is 2. The lowest BCUT2D eigenvalue weighted by atomic mass is 9.81. The van der Waals surface area contributed by atoms with Crippen LogP contribution in [-0.4, -0.2) is 41.9 Å². The molecule has 7 nitrogen and oxygen atoms in total. The number of ether oxygens (including phenoxy) is 2. The third-order valence-electron chi connectivity index (χ3n) is 3.48. The van der Waals surface area contributed by atoms with E-state index in [1.165, 1.54) is 19.9 Å². The van der Waals surface area contributed by atoms with Crippen molar-refractivity contribution in [3.05, 3.63) is 12.2 Å². The van der Waals surface area contributed by atoms with Crippen LogP contribution in [0.5, 0.6) is 0 Å². The van der Waals surface area contributed by atoms with Gasteiger partial charge in [-0.3, -0.25) is 9.35 Å². The van der Waals surface area contributed by atoms with Crippen molar-refractivity contribution in [2.45, 2.75) is 50.6 Å². The van der Waals surface area contributed by atoms with Gasteiger partial charge in [0, 0.05) is 12.8 Å². The highest BCUT2D eigenvalue weighted by molar-refractivity contribution is 7.87. The van der Waals surface area contributed by atoms with E-state index in [1.54, 1.807) is 13.0 Å². The summed E-state index contributed by atoms with van der Waals surface area (Å²) in [5.41, 5.74) is -1.51. The maximum Gasteiger partial charge on any atom is 0.465 e. The predicted molar refractivity (Wildman–Crippen MR) is 74.1 cm³/mol. The molecule has 3 unspecified atom stereocenters. The highest BCUT2D eigenvalue weighted by Gasteiger charge is 2.56. The van der Waals surface area contributed by atoms with Gasteiger partial charge in [0.2, 0.25) is 0 Å². The number of esters is 2. The van der Waals surface area contributed by atoms with Gasteiger partial charge in [-0.2, -0.15) is 17.2 Å². The van der Waals surface area contributed by atoms with Gasteiger partial charge in [0.25, 0.3) is 0 Å². The molecule has 1 N–H and O–H groups in total. The average molecular weight is 356 g/mol. The number of halogens is 2. The predicted octanol–water partition coefficient (Wildman–Crippen LogP) is 1.69. The van der Waals surface area contributed by atoms with Gasteiger partial charge in [0.05, 0.1) is 0 Å². The van der Waals surface area contributed by atoms with Crippen LogP contribution in [0, 0.1) is 5.92 Å². The van der Waals surface area contributed by atoms with Gasteiger partial charge >= 0.3 is 27.3 Å². The van der Waals surface area contributed by atoms with Crippen LogP contribution in [0.2, 0.25) is 0 Å². The molecule has 0 aromatic rings. The molecule has 23 heavy (non-hydrogen) atoms. The molecule has 0 aliphatic heterocycles. The molecule has 0 radical (unpaired) electrons. The molecule has 0 aromatic heterocycles. The van der Waals surface area contributed by atoms with Crippen LogP contribution >= 0.6 is 0 Å². The van der Waals surface area contributed by atoms with Gasteiger partial charge in [-0.25, -0.2) is 4.79 Å². The summed E-state index contributed by atoms with van der Waals surface area (Å²) in [6, 6.07) is 0. The summed E-state index contributed by atoms with van der Waals surface area (Å²) in [4.78, 5) is 22.4. The molecule has 10 heteroatoms. The highest BCUT2D eigenvalue weighted by Crippen LogP contribution is 2.35. The number of carbonyl (C=O) groups is 2. The molecule has 0 saturated heterocycles. The Kier molecular flexibility index (Phi) is 5.53. The second kappa shape index (κ2) is 6.52. The maximum atomic E-state index is 13.3. The molecule has 0 fully saturated rings. The average Bonchev–Trinajstić information content (AvgIpc) is 2.35. The zero-order chi connectivity index (χ0) is 18.1. The summed E-state index contributed by atoms with van der Waals surface area (Å²) >= 11 is 0. The van der Waals surface area contributed by atoms with E-state index in [4.69, 9.17) is 9.29 Å². The molecule has 1 aliphatic carbocycles. The van der Waals surface area contributed by atoms with E-state index in [-0.39, 0.29) is 12.3 Å². The Morgan fingerprint density at radius 3 is 2.48 bits per heavy atom. The molecular formula is C13H18F2O7S. The van der Waals surface area contributed by atoms with Crippen molar-refractivity contribution in [2.24, 2.45) is 5.92 Å². The van der Waals surface area contributed by atoms with Crippen molar-refractivity contribution in [3.8, 4) is 0 Å². The summed E-state index contributed by atoms with van der Waals surface area (Å²) in [7, 11) is -5.93. The smallest absolute Gasteiger partial charge is 0.463 e. The van der Waals surface area contributed by atoms with E-state index >= 15 is 0 Å². The third kappa shape index (κ3) is 4.71. The van der Waals surface area contributed by atoms with Crippen molar-refractivity contribution in [2.75, 3.05) is 0 Å². The Morgan fingerprint density at radius 1 is 1.43 bits per heavy atom. The van der Waals surface area contributed by atoms with Gasteiger partial charge in [0.15, 0.2) is 0 Å². The second-order valence-electron chi connectivity index (χ2n) is 5.61. The molecule has 0 aromatic carbocycles. The second-order valence-corrected chi connectivity index (χ2v) is 7.07. The Balaban J connectivity index is 2.87. The lowest BCUT2D eigenvalue weighted by Gasteiger charge is -2.36. The minimum absolute atomic E-state index is 0.0469. The standard InChI is InChI=1S/C13H18F2O7S/c1-8(21-9(2)16)10-5-4-6-12(3,7-10)22-11(17)13(14,15)23(18,19)20/h4,6,8,10H,5,7H2,1-3H3,(H,18,19,20). The van der Waals surface area contributed by atoms with Gasteiger partial charge in [-0.1, -0.05) is 6.08 Å². The molecule has 132 valence electrons. The van der Waals surface area contributed by atoms with E-state index < -0.39 is 39.0 Å². The van der Waals surface area contributed by atoms with Crippen LogP contribution < -0.4 is 0 Å². The summed E-state index contributed by atoms with van der Waals surface area (Å²) < 4.78 is 65.7. The first kappa shape index (κ1) is 19.5. The quantitative estimate of drug-likeness (QED) is 0.454. The zero-order valence-electron chi connectivity index (χ0n) is 12.8. The Bertz CT molecular complexity index is 614. The van der Waals surface area contributed by atoms with Gasteiger partial charge in [-0.15, -0.1) is 0 Å². The van der Waals surface area contributed by atoms with E-state index in [0.717, 1.165) is 0 Å². The largest absolute Gasteiger partial charge is 0.465 e. The first-order chi connectivity index (χ1) is 10.3. The fourth-order valence-corrected chi connectivity index (χ4v) is 2.58. The van der Waals surface area contributed by atoms with Crippen molar-refractivity contribution >= 4 is 22.1 Å². The maximum absolute atomic E-state index is 13.3. The van der Waals surface area contributed by atoms with Crippen LogP contribution in [0.3, 0.4) is 0 Å². The van der Waals surface area contributed by atoms with E-state index in [1.807, 2.05) is 0 Å². The Hall–Kier alpha value is -1.55. The third-order valence-corrected chi connectivity index (χ3v) is 4.29. The van der Waals surface area contributed by atoms with Crippen LogP contribution in [0.4, 0.5) is 8.78 Å². The van der Waals surface area contributed by atoms with Crippen molar-refractivity contribution in [3.63, 3.8) is 0 Å². The Morgan fingerprint density at radius 2 is 2.00 bits per heavy atom. The number of allylic oxidation sites excluding steroid dienone is 1. The molecule has 0 spiro atoms. The highest BCUT2D eigenvalue weighted by atomic mass is 32.2. The van der Waals surface area contributed by atoms with Gasteiger partial charge < -0.3 is 9.47 Å². The van der Waals surface area contributed by atoms with Crippen LogP contribution in [0.15, 0.2) is 12.2 Å². The fraction of sp³-hybridized carbons (Fsp3) is 0.692. The first-order valence-corrected chi connectivity index (χ1v) is 8.16. The van der Waals surface area contributed by atoms with Gasteiger partial charge in [-0.05, 0) is 32.8 Å². The van der Waals surface area contributed by atoms with Crippen molar-refractivity contribution in [1.29, 1.82) is 0 Å². The van der Waals surface area contributed by atoms with Crippen LogP contribution in [0.1, 0.15) is 33.6 Å². The molecule has 1 rings (SSSR count). The number of rotatable bonds is 5. The van der Waals surface area contributed by atoms with Crippen LogP contribution in [0.25, 0.3) is 0 Å². The lowest BCUT2D eigenvalue weighted by molar-refractivity contribution is -0.175. The van der Waals surface area contributed by atoms with E-state index in [9.17, 15) is 26.8 Å². The SMILES string of the molecule is CC(=O)OC(C)C1CC=CC(C)(OC(=O)C(F)(F)S(=O)(=O)O)C1. The molecule has 3 atom stereocenters. The molecule has 0 amide bonds. The Labute approximate surface area is 132 Å². The molecule has 1 aliphatic rings. The summed E-state index contributed by atoms with van der Waals surface area (Å²) in [5, 5.41) is -5.06. The zero-order valence-corrected chi connectivity index (χ0v) is 13.6.